The Morgan fingerprint density at radius 3 is 2.57 bits per heavy atom. The second-order valence-electron chi connectivity index (χ2n) is 8.23. The van der Waals surface area contributed by atoms with Gasteiger partial charge in [-0.1, -0.05) is 49.6 Å². The second kappa shape index (κ2) is 13.0. The number of aliphatic hydroxyl groups excluding tert-OH is 1. The van der Waals surface area contributed by atoms with Crippen molar-refractivity contribution in [2.45, 2.75) is 57.9 Å². The van der Waals surface area contributed by atoms with Gasteiger partial charge < -0.3 is 20.2 Å². The lowest BCUT2D eigenvalue weighted by atomic mass is 9.72. The molecule has 1 aliphatic carbocycles. The van der Waals surface area contributed by atoms with Crippen molar-refractivity contribution in [2.75, 3.05) is 19.7 Å². The fourth-order valence-electron chi connectivity index (χ4n) is 4.21. The van der Waals surface area contributed by atoms with Crippen LogP contribution in [-0.2, 0) is 6.42 Å². The van der Waals surface area contributed by atoms with Crippen LogP contribution in [0.5, 0.6) is 0 Å². The molecule has 3 N–H and O–H groups in total. The Kier molecular flexibility index (Phi) is 10.7. The number of hydrogen-bond donors (Lipinski definition) is 3. The first-order valence-electron chi connectivity index (χ1n) is 10.9. The van der Waals surface area contributed by atoms with Gasteiger partial charge in [-0.05, 0) is 49.3 Å². The van der Waals surface area contributed by atoms with Gasteiger partial charge >= 0.3 is 0 Å². The SMILES string of the molecule is CC(NC(=NCC1(CCO)CCCCC1)NCCc1ccco1)c1ccccc1.I. The number of aliphatic imine (C=N–C) groups is 1. The van der Waals surface area contributed by atoms with Crippen molar-refractivity contribution in [2.24, 2.45) is 10.4 Å². The van der Waals surface area contributed by atoms with E-state index in [1.807, 2.05) is 18.2 Å². The molecular formula is C24H36IN3O2. The predicted molar refractivity (Wildman–Crippen MR) is 133 cm³/mol. The molecule has 1 atom stereocenters. The average molecular weight is 525 g/mol. The van der Waals surface area contributed by atoms with Crippen LogP contribution in [-0.4, -0.2) is 30.8 Å². The van der Waals surface area contributed by atoms with Crippen LogP contribution in [0.15, 0.2) is 58.1 Å². The van der Waals surface area contributed by atoms with E-state index in [2.05, 4.69) is 41.8 Å². The molecule has 0 saturated heterocycles. The van der Waals surface area contributed by atoms with Gasteiger partial charge in [0.1, 0.15) is 5.76 Å². The Morgan fingerprint density at radius 1 is 1.13 bits per heavy atom. The van der Waals surface area contributed by atoms with Crippen LogP contribution < -0.4 is 10.6 Å². The van der Waals surface area contributed by atoms with Crippen molar-refractivity contribution >= 4 is 29.9 Å². The van der Waals surface area contributed by atoms with E-state index < -0.39 is 0 Å². The summed E-state index contributed by atoms with van der Waals surface area (Å²) in [4.78, 5) is 4.98. The molecule has 30 heavy (non-hydrogen) atoms. The summed E-state index contributed by atoms with van der Waals surface area (Å²) in [5.41, 5.74) is 1.37. The summed E-state index contributed by atoms with van der Waals surface area (Å²) < 4.78 is 5.44. The number of furan rings is 1. The molecule has 1 saturated carbocycles. The summed E-state index contributed by atoms with van der Waals surface area (Å²) in [6.45, 7) is 3.91. The monoisotopic (exact) mass is 525 g/mol. The molecule has 0 spiro atoms. The Hall–Kier alpha value is -1.54. The standard InChI is InChI=1S/C24H35N3O2.HI/c1-20(21-9-4-2-5-10-21)27-23(25-16-12-22-11-8-18-29-22)26-19-24(15-17-28)13-6-3-7-14-24;/h2,4-5,8-11,18,20,28H,3,6-7,12-17,19H2,1H3,(H2,25,26,27);1H. The van der Waals surface area contributed by atoms with Gasteiger partial charge in [0.05, 0.1) is 12.3 Å². The lowest BCUT2D eigenvalue weighted by molar-refractivity contribution is 0.137. The van der Waals surface area contributed by atoms with E-state index in [0.717, 1.165) is 50.5 Å². The number of benzene rings is 1. The van der Waals surface area contributed by atoms with E-state index in [9.17, 15) is 5.11 Å². The van der Waals surface area contributed by atoms with E-state index in [1.54, 1.807) is 6.26 Å². The summed E-state index contributed by atoms with van der Waals surface area (Å²) in [6, 6.07) is 14.5. The molecule has 1 aromatic carbocycles. The minimum atomic E-state index is 0. The van der Waals surface area contributed by atoms with Crippen molar-refractivity contribution in [3.05, 3.63) is 60.1 Å². The normalized spacial score (nSPS) is 17.1. The van der Waals surface area contributed by atoms with Crippen LogP contribution in [0.2, 0.25) is 0 Å². The van der Waals surface area contributed by atoms with E-state index in [4.69, 9.17) is 9.41 Å². The summed E-state index contributed by atoms with van der Waals surface area (Å²) in [5.74, 6) is 1.80. The van der Waals surface area contributed by atoms with Crippen LogP contribution >= 0.6 is 24.0 Å². The maximum Gasteiger partial charge on any atom is 0.191 e. The van der Waals surface area contributed by atoms with E-state index >= 15 is 0 Å². The van der Waals surface area contributed by atoms with Gasteiger partial charge in [-0.25, -0.2) is 0 Å². The zero-order valence-electron chi connectivity index (χ0n) is 18.0. The smallest absolute Gasteiger partial charge is 0.191 e. The third kappa shape index (κ3) is 7.61. The number of hydrogen-bond acceptors (Lipinski definition) is 3. The maximum atomic E-state index is 9.60. The van der Waals surface area contributed by atoms with Crippen LogP contribution in [0, 0.1) is 5.41 Å². The van der Waals surface area contributed by atoms with Gasteiger partial charge in [-0.2, -0.15) is 0 Å². The summed E-state index contributed by atoms with van der Waals surface area (Å²) >= 11 is 0. The number of aliphatic hydroxyl groups is 1. The highest BCUT2D eigenvalue weighted by molar-refractivity contribution is 14.0. The van der Waals surface area contributed by atoms with Gasteiger partial charge in [-0.15, -0.1) is 24.0 Å². The highest BCUT2D eigenvalue weighted by atomic mass is 127. The number of rotatable bonds is 9. The van der Waals surface area contributed by atoms with Gasteiger partial charge in [0, 0.05) is 26.1 Å². The van der Waals surface area contributed by atoms with Crippen LogP contribution in [0.25, 0.3) is 0 Å². The van der Waals surface area contributed by atoms with Gasteiger partial charge in [0.25, 0.3) is 0 Å². The highest BCUT2D eigenvalue weighted by Gasteiger charge is 2.31. The Balaban J connectivity index is 0.00000320. The molecule has 3 rings (SSSR count). The topological polar surface area (TPSA) is 69.8 Å². The third-order valence-corrected chi connectivity index (χ3v) is 6.03. The fraction of sp³-hybridized carbons (Fsp3) is 0.542. The fourth-order valence-corrected chi connectivity index (χ4v) is 4.21. The molecule has 1 aromatic heterocycles. The van der Waals surface area contributed by atoms with Crippen LogP contribution in [0.1, 0.15) is 62.8 Å². The Labute approximate surface area is 197 Å². The first-order valence-corrected chi connectivity index (χ1v) is 10.9. The number of halogens is 1. The quantitative estimate of drug-likeness (QED) is 0.243. The molecule has 1 aliphatic rings. The third-order valence-electron chi connectivity index (χ3n) is 6.03. The van der Waals surface area contributed by atoms with Crippen molar-refractivity contribution in [3.8, 4) is 0 Å². The minimum absolute atomic E-state index is 0. The molecule has 1 fully saturated rings. The molecule has 0 radical (unpaired) electrons. The number of guanidine groups is 1. The zero-order chi connectivity index (χ0) is 20.4. The largest absolute Gasteiger partial charge is 0.469 e. The Bertz CT molecular complexity index is 723. The molecule has 0 amide bonds. The maximum absolute atomic E-state index is 9.60. The molecular weight excluding hydrogens is 489 g/mol. The van der Waals surface area contributed by atoms with E-state index in [1.165, 1.54) is 24.8 Å². The molecule has 2 aromatic rings. The molecule has 0 bridgehead atoms. The molecule has 5 nitrogen and oxygen atoms in total. The predicted octanol–water partition coefficient (Wildman–Crippen LogP) is 5.07. The van der Waals surface area contributed by atoms with E-state index in [0.29, 0.717) is 0 Å². The molecule has 1 heterocycles. The minimum Gasteiger partial charge on any atom is -0.469 e. The number of nitrogens with zero attached hydrogens (tertiary/aromatic N) is 1. The van der Waals surface area contributed by atoms with Crippen molar-refractivity contribution < 1.29 is 9.52 Å². The van der Waals surface area contributed by atoms with Gasteiger partial charge in [0.2, 0.25) is 0 Å². The molecule has 1 unspecified atom stereocenters. The summed E-state index contributed by atoms with van der Waals surface area (Å²) in [7, 11) is 0. The lowest BCUT2D eigenvalue weighted by Gasteiger charge is -2.36. The van der Waals surface area contributed by atoms with E-state index in [-0.39, 0.29) is 42.0 Å². The second-order valence-corrected chi connectivity index (χ2v) is 8.23. The first kappa shape index (κ1) is 24.7. The van der Waals surface area contributed by atoms with Crippen LogP contribution in [0.3, 0.4) is 0 Å². The Morgan fingerprint density at radius 2 is 1.90 bits per heavy atom. The van der Waals surface area contributed by atoms with Gasteiger partial charge in [-0.3, -0.25) is 4.99 Å². The van der Waals surface area contributed by atoms with Crippen molar-refractivity contribution in [1.82, 2.24) is 10.6 Å². The molecule has 166 valence electrons. The lowest BCUT2D eigenvalue weighted by Crippen LogP contribution is -2.41. The summed E-state index contributed by atoms with van der Waals surface area (Å²) in [5, 5.41) is 16.6. The van der Waals surface area contributed by atoms with Crippen molar-refractivity contribution in [1.29, 1.82) is 0 Å². The average Bonchev–Trinajstić information content (AvgIpc) is 3.27. The highest BCUT2D eigenvalue weighted by Crippen LogP contribution is 2.39. The summed E-state index contributed by atoms with van der Waals surface area (Å²) in [6.07, 6.45) is 9.46. The molecule has 0 aliphatic heterocycles. The van der Waals surface area contributed by atoms with Gasteiger partial charge in [0.15, 0.2) is 5.96 Å². The number of nitrogens with one attached hydrogen (secondary N) is 2. The first-order chi connectivity index (χ1) is 14.2. The zero-order valence-corrected chi connectivity index (χ0v) is 20.3. The van der Waals surface area contributed by atoms with Crippen molar-refractivity contribution in [3.63, 3.8) is 0 Å². The molecule has 6 heteroatoms. The van der Waals surface area contributed by atoms with Crippen LogP contribution in [0.4, 0.5) is 0 Å².